The lowest BCUT2D eigenvalue weighted by molar-refractivity contribution is -0.137. The summed E-state index contributed by atoms with van der Waals surface area (Å²) in [5.74, 6) is 0.762. The molecule has 0 radical (unpaired) electrons. The van der Waals surface area contributed by atoms with E-state index in [1.807, 2.05) is 16.3 Å². The third-order valence-corrected chi connectivity index (χ3v) is 7.33. The molecule has 4 rings (SSSR count). The largest absolute Gasteiger partial charge is 0.416 e. The van der Waals surface area contributed by atoms with Crippen molar-refractivity contribution < 1.29 is 21.6 Å². The van der Waals surface area contributed by atoms with Crippen molar-refractivity contribution in [1.29, 1.82) is 0 Å². The molecule has 1 saturated heterocycles. The van der Waals surface area contributed by atoms with Gasteiger partial charge in [0.1, 0.15) is 17.0 Å². The summed E-state index contributed by atoms with van der Waals surface area (Å²) in [6.07, 6.45) is -3.02. The second kappa shape index (κ2) is 6.98. The number of halogens is 3. The van der Waals surface area contributed by atoms with Crippen LogP contribution in [0.5, 0.6) is 0 Å². The van der Waals surface area contributed by atoms with Gasteiger partial charge in [0.15, 0.2) is 0 Å². The Balaban J connectivity index is 1.50. The van der Waals surface area contributed by atoms with Crippen LogP contribution in [0.3, 0.4) is 0 Å². The number of hydrogen-bond acceptors (Lipinski definition) is 6. The number of thiophene rings is 1. The molecule has 0 unspecified atom stereocenters. The monoisotopic (exact) mass is 428 g/mol. The number of hydrogen-bond donors (Lipinski definition) is 0. The molecule has 1 aliphatic heterocycles. The van der Waals surface area contributed by atoms with Crippen molar-refractivity contribution in [2.24, 2.45) is 0 Å². The molecular formula is C17H15F3N4O2S2. The number of sulfonamides is 1. The van der Waals surface area contributed by atoms with Gasteiger partial charge in [-0.25, -0.2) is 18.4 Å². The van der Waals surface area contributed by atoms with Crippen LogP contribution in [0, 0.1) is 0 Å². The molecule has 28 heavy (non-hydrogen) atoms. The number of anilines is 1. The summed E-state index contributed by atoms with van der Waals surface area (Å²) in [5.41, 5.74) is -0.875. The molecule has 3 aromatic rings. The van der Waals surface area contributed by atoms with E-state index in [4.69, 9.17) is 0 Å². The number of piperazine rings is 1. The minimum atomic E-state index is -4.50. The van der Waals surface area contributed by atoms with Crippen LogP contribution in [0.2, 0.25) is 0 Å². The maximum Gasteiger partial charge on any atom is 0.416 e. The highest BCUT2D eigenvalue weighted by Crippen LogP contribution is 2.31. The zero-order valence-electron chi connectivity index (χ0n) is 14.4. The molecule has 2 aromatic heterocycles. The van der Waals surface area contributed by atoms with Crippen molar-refractivity contribution in [3.63, 3.8) is 0 Å². The molecule has 0 amide bonds. The Morgan fingerprint density at radius 1 is 0.964 bits per heavy atom. The number of fused-ring (bicyclic) bond motifs is 1. The fourth-order valence-electron chi connectivity index (χ4n) is 3.13. The van der Waals surface area contributed by atoms with Crippen LogP contribution in [-0.2, 0) is 16.2 Å². The van der Waals surface area contributed by atoms with Gasteiger partial charge in [0.05, 0.1) is 15.8 Å². The van der Waals surface area contributed by atoms with E-state index in [-0.39, 0.29) is 18.0 Å². The summed E-state index contributed by atoms with van der Waals surface area (Å²) in [6, 6.07) is 5.52. The first-order chi connectivity index (χ1) is 13.3. The maximum absolute atomic E-state index is 12.8. The van der Waals surface area contributed by atoms with Gasteiger partial charge in [0, 0.05) is 26.2 Å². The van der Waals surface area contributed by atoms with Crippen LogP contribution in [0.25, 0.3) is 10.2 Å². The molecule has 0 N–H and O–H groups in total. The second-order valence-corrected chi connectivity index (χ2v) is 9.08. The fraction of sp³-hybridized carbons (Fsp3) is 0.294. The highest BCUT2D eigenvalue weighted by atomic mass is 32.2. The normalized spacial score (nSPS) is 16.6. The molecule has 0 aliphatic carbocycles. The van der Waals surface area contributed by atoms with Crippen molar-refractivity contribution in [3.05, 3.63) is 47.6 Å². The first-order valence-corrected chi connectivity index (χ1v) is 10.7. The molecule has 1 aromatic carbocycles. The lowest BCUT2D eigenvalue weighted by Crippen LogP contribution is -2.49. The van der Waals surface area contributed by atoms with Crippen molar-refractivity contribution in [1.82, 2.24) is 14.3 Å². The van der Waals surface area contributed by atoms with Gasteiger partial charge in [0.25, 0.3) is 0 Å². The molecule has 148 valence electrons. The molecule has 6 nitrogen and oxygen atoms in total. The van der Waals surface area contributed by atoms with Gasteiger partial charge in [-0.05, 0) is 35.7 Å². The molecule has 0 saturated carbocycles. The van der Waals surface area contributed by atoms with Gasteiger partial charge in [-0.15, -0.1) is 11.3 Å². The predicted octanol–water partition coefficient (Wildman–Crippen LogP) is 3.22. The van der Waals surface area contributed by atoms with Crippen LogP contribution >= 0.6 is 11.3 Å². The summed E-state index contributed by atoms with van der Waals surface area (Å²) in [4.78, 5) is 11.3. The van der Waals surface area contributed by atoms with E-state index in [0.717, 1.165) is 40.3 Å². The number of aromatic nitrogens is 2. The Morgan fingerprint density at radius 3 is 2.29 bits per heavy atom. The van der Waals surface area contributed by atoms with E-state index >= 15 is 0 Å². The molecule has 1 aliphatic rings. The quantitative estimate of drug-likeness (QED) is 0.641. The summed E-state index contributed by atoms with van der Waals surface area (Å²) in [6.45, 7) is 1.31. The zero-order chi connectivity index (χ0) is 19.9. The van der Waals surface area contributed by atoms with Gasteiger partial charge in [-0.1, -0.05) is 0 Å². The van der Waals surface area contributed by atoms with Crippen molar-refractivity contribution in [2.45, 2.75) is 11.1 Å². The average Bonchev–Trinajstić information content (AvgIpc) is 3.16. The van der Waals surface area contributed by atoms with Crippen LogP contribution in [0.4, 0.5) is 19.0 Å². The topological polar surface area (TPSA) is 66.4 Å². The minimum absolute atomic E-state index is 0.142. The highest BCUT2D eigenvalue weighted by molar-refractivity contribution is 7.89. The highest BCUT2D eigenvalue weighted by Gasteiger charge is 2.33. The van der Waals surface area contributed by atoms with E-state index in [2.05, 4.69) is 9.97 Å². The van der Waals surface area contributed by atoms with Crippen molar-refractivity contribution in [3.8, 4) is 0 Å². The third-order valence-electron chi connectivity index (χ3n) is 4.60. The number of nitrogens with zero attached hydrogens (tertiary/aromatic N) is 4. The molecule has 1 fully saturated rings. The predicted molar refractivity (Wildman–Crippen MR) is 99.8 cm³/mol. The van der Waals surface area contributed by atoms with Gasteiger partial charge in [-0.3, -0.25) is 0 Å². The third kappa shape index (κ3) is 3.45. The zero-order valence-corrected chi connectivity index (χ0v) is 16.1. The molecule has 0 bridgehead atoms. The SMILES string of the molecule is O=S(=O)(c1ccc(C(F)(F)F)cc1)N1CCN(c2ncnc3sccc23)CC1. The Bertz CT molecular complexity index is 1090. The molecule has 0 spiro atoms. The molecule has 0 atom stereocenters. The molecular weight excluding hydrogens is 413 g/mol. The Kier molecular flexibility index (Phi) is 4.76. The van der Waals surface area contributed by atoms with Crippen LogP contribution in [0.1, 0.15) is 5.56 Å². The second-order valence-electron chi connectivity index (χ2n) is 6.25. The van der Waals surface area contributed by atoms with E-state index in [0.29, 0.717) is 13.1 Å². The van der Waals surface area contributed by atoms with Gasteiger partial charge in [0.2, 0.25) is 10.0 Å². The summed E-state index contributed by atoms with van der Waals surface area (Å²) < 4.78 is 64.9. The lowest BCUT2D eigenvalue weighted by atomic mass is 10.2. The first kappa shape index (κ1) is 19.1. The number of alkyl halides is 3. The molecule has 3 heterocycles. The smallest absolute Gasteiger partial charge is 0.353 e. The standard InChI is InChI=1S/C17H15F3N4O2S2/c18-17(19,20)12-1-3-13(4-2-12)28(25,26)24-8-6-23(7-9-24)15-14-5-10-27-16(14)22-11-21-15/h1-5,10-11H,6-9H2. The summed E-state index contributed by atoms with van der Waals surface area (Å²) in [7, 11) is -3.85. The average molecular weight is 428 g/mol. The van der Waals surface area contributed by atoms with E-state index in [1.165, 1.54) is 22.0 Å². The first-order valence-electron chi connectivity index (χ1n) is 8.37. The lowest BCUT2D eigenvalue weighted by Gasteiger charge is -2.34. The van der Waals surface area contributed by atoms with Gasteiger partial charge in [-0.2, -0.15) is 17.5 Å². The van der Waals surface area contributed by atoms with Gasteiger partial charge >= 0.3 is 6.18 Å². The van der Waals surface area contributed by atoms with Gasteiger partial charge < -0.3 is 4.90 Å². The minimum Gasteiger partial charge on any atom is -0.353 e. The fourth-order valence-corrected chi connectivity index (χ4v) is 5.28. The van der Waals surface area contributed by atoms with Crippen LogP contribution < -0.4 is 4.90 Å². The van der Waals surface area contributed by atoms with E-state index < -0.39 is 21.8 Å². The Labute approximate surface area is 163 Å². The van der Waals surface area contributed by atoms with Crippen LogP contribution in [0.15, 0.2) is 46.9 Å². The van der Waals surface area contributed by atoms with Crippen LogP contribution in [-0.4, -0.2) is 48.9 Å². The molecule has 11 heteroatoms. The number of benzene rings is 1. The maximum atomic E-state index is 12.8. The van der Waals surface area contributed by atoms with E-state index in [1.54, 1.807) is 0 Å². The van der Waals surface area contributed by atoms with Crippen molar-refractivity contribution in [2.75, 3.05) is 31.1 Å². The number of rotatable bonds is 3. The Morgan fingerprint density at radius 2 is 1.64 bits per heavy atom. The van der Waals surface area contributed by atoms with Crippen molar-refractivity contribution >= 4 is 37.4 Å². The summed E-state index contributed by atoms with van der Waals surface area (Å²) in [5, 5.41) is 2.85. The summed E-state index contributed by atoms with van der Waals surface area (Å²) >= 11 is 1.51. The Hall–Kier alpha value is -2.24. The van der Waals surface area contributed by atoms with E-state index in [9.17, 15) is 21.6 Å².